The minimum absolute atomic E-state index is 0.0269. The minimum Gasteiger partial charge on any atom is -0.488 e. The molecule has 2 aromatic rings. The normalized spacial score (nSPS) is 17.9. The molecule has 21 heavy (non-hydrogen) atoms. The fourth-order valence-corrected chi connectivity index (χ4v) is 2.97. The van der Waals surface area contributed by atoms with Gasteiger partial charge in [-0.2, -0.15) is 0 Å². The van der Waals surface area contributed by atoms with Gasteiger partial charge >= 0.3 is 0 Å². The van der Waals surface area contributed by atoms with E-state index < -0.39 is 5.91 Å². The van der Waals surface area contributed by atoms with Gasteiger partial charge in [-0.3, -0.25) is 4.79 Å². The first-order chi connectivity index (χ1) is 10.1. The van der Waals surface area contributed by atoms with E-state index in [4.69, 9.17) is 15.2 Å². The fourth-order valence-electron chi connectivity index (χ4n) is 2.22. The highest BCUT2D eigenvalue weighted by atomic mass is 32.1. The van der Waals surface area contributed by atoms with E-state index in [-0.39, 0.29) is 6.10 Å². The van der Waals surface area contributed by atoms with Crippen molar-refractivity contribution in [3.8, 4) is 16.3 Å². The van der Waals surface area contributed by atoms with Crippen LogP contribution in [0.2, 0.25) is 0 Å². The first-order valence-electron chi connectivity index (χ1n) is 6.74. The van der Waals surface area contributed by atoms with E-state index in [9.17, 15) is 4.79 Å². The lowest BCUT2D eigenvalue weighted by molar-refractivity contribution is 0.0999. The van der Waals surface area contributed by atoms with Crippen LogP contribution in [0.15, 0.2) is 24.4 Å². The number of carbonyl (C=O) groups excluding carboxylic acids is 1. The number of carbonyl (C=O) groups is 1. The summed E-state index contributed by atoms with van der Waals surface area (Å²) in [6, 6.07) is 5.31. The van der Waals surface area contributed by atoms with Crippen LogP contribution in [0.4, 0.5) is 0 Å². The molecule has 0 spiro atoms. The average molecular weight is 304 g/mol. The van der Waals surface area contributed by atoms with Crippen molar-refractivity contribution in [1.29, 1.82) is 0 Å². The summed E-state index contributed by atoms with van der Waals surface area (Å²) in [7, 11) is 0. The number of rotatable bonds is 4. The highest BCUT2D eigenvalue weighted by Gasteiger charge is 2.18. The van der Waals surface area contributed by atoms with Gasteiger partial charge in [0.15, 0.2) is 0 Å². The van der Waals surface area contributed by atoms with Crippen LogP contribution in [0.5, 0.6) is 5.75 Å². The zero-order chi connectivity index (χ0) is 14.8. The van der Waals surface area contributed by atoms with E-state index in [1.807, 2.05) is 19.2 Å². The van der Waals surface area contributed by atoms with Crippen LogP contribution in [-0.4, -0.2) is 30.2 Å². The Morgan fingerprint density at radius 1 is 1.48 bits per heavy atom. The van der Waals surface area contributed by atoms with E-state index in [0.717, 1.165) is 21.9 Å². The molecule has 5 nitrogen and oxygen atoms in total. The van der Waals surface area contributed by atoms with Gasteiger partial charge in [0.05, 0.1) is 13.2 Å². The predicted octanol–water partition coefficient (Wildman–Crippen LogP) is 2.39. The lowest BCUT2D eigenvalue weighted by Crippen LogP contribution is -2.17. The molecule has 1 saturated heterocycles. The Hall–Kier alpha value is -1.92. The van der Waals surface area contributed by atoms with Crippen molar-refractivity contribution in [2.45, 2.75) is 19.4 Å². The zero-order valence-electron chi connectivity index (χ0n) is 11.7. The Balaban J connectivity index is 1.95. The minimum atomic E-state index is -0.474. The number of aryl methyl sites for hydroxylation is 1. The number of thiazole rings is 1. The van der Waals surface area contributed by atoms with Crippen molar-refractivity contribution in [3.05, 3.63) is 34.8 Å². The third kappa shape index (κ3) is 3.22. The number of hydrogen-bond donors (Lipinski definition) is 1. The van der Waals surface area contributed by atoms with Crippen LogP contribution in [0.1, 0.15) is 21.7 Å². The Bertz CT molecular complexity index is 663. The van der Waals surface area contributed by atoms with Gasteiger partial charge in [-0.05, 0) is 25.1 Å². The molecule has 3 rings (SSSR count). The van der Waals surface area contributed by atoms with Crippen LogP contribution < -0.4 is 10.5 Å². The third-order valence-electron chi connectivity index (χ3n) is 3.25. The maximum atomic E-state index is 11.5. The van der Waals surface area contributed by atoms with E-state index in [1.165, 1.54) is 0 Å². The molecule has 110 valence electrons. The van der Waals surface area contributed by atoms with Gasteiger partial charge in [0.1, 0.15) is 16.9 Å². The molecule has 2 N–H and O–H groups in total. The van der Waals surface area contributed by atoms with Crippen LogP contribution in [0.25, 0.3) is 10.6 Å². The SMILES string of the molecule is Cc1cnc(-c2cc(O[C@H]3CCOC3)cc(C(N)=O)c2)s1. The van der Waals surface area contributed by atoms with Crippen molar-refractivity contribution >= 4 is 17.2 Å². The lowest BCUT2D eigenvalue weighted by Gasteiger charge is -2.13. The second-order valence-electron chi connectivity index (χ2n) is 4.99. The summed E-state index contributed by atoms with van der Waals surface area (Å²) in [5.74, 6) is 0.155. The summed E-state index contributed by atoms with van der Waals surface area (Å²) in [4.78, 5) is 17.0. The number of benzene rings is 1. The fraction of sp³-hybridized carbons (Fsp3) is 0.333. The van der Waals surface area contributed by atoms with E-state index in [2.05, 4.69) is 4.98 Å². The maximum absolute atomic E-state index is 11.5. The van der Waals surface area contributed by atoms with Gasteiger partial charge in [0.25, 0.3) is 0 Å². The molecule has 0 saturated carbocycles. The molecule has 1 fully saturated rings. The molecular formula is C15H16N2O3S. The Labute approximate surface area is 126 Å². The van der Waals surface area contributed by atoms with Crippen molar-refractivity contribution in [3.63, 3.8) is 0 Å². The highest BCUT2D eigenvalue weighted by molar-refractivity contribution is 7.14. The number of nitrogens with zero attached hydrogens (tertiary/aromatic N) is 1. The zero-order valence-corrected chi connectivity index (χ0v) is 12.5. The van der Waals surface area contributed by atoms with Gasteiger partial charge in [-0.15, -0.1) is 11.3 Å². The molecule has 0 aliphatic carbocycles. The van der Waals surface area contributed by atoms with Gasteiger partial charge in [-0.1, -0.05) is 0 Å². The second-order valence-corrected chi connectivity index (χ2v) is 6.22. The maximum Gasteiger partial charge on any atom is 0.248 e. The largest absolute Gasteiger partial charge is 0.488 e. The molecule has 1 aromatic heterocycles. The molecule has 0 unspecified atom stereocenters. The summed E-state index contributed by atoms with van der Waals surface area (Å²) in [5, 5.41) is 0.850. The van der Waals surface area contributed by atoms with Crippen molar-refractivity contribution < 1.29 is 14.3 Å². The van der Waals surface area contributed by atoms with Crippen molar-refractivity contribution in [2.24, 2.45) is 5.73 Å². The van der Waals surface area contributed by atoms with Crippen LogP contribution in [0, 0.1) is 6.92 Å². The number of amides is 1. The number of nitrogens with two attached hydrogens (primary N) is 1. The molecule has 1 aliphatic heterocycles. The summed E-state index contributed by atoms with van der Waals surface area (Å²) in [6.45, 7) is 3.28. The molecule has 1 aromatic carbocycles. The van der Waals surface area contributed by atoms with Gasteiger partial charge in [0.2, 0.25) is 5.91 Å². The standard InChI is InChI=1S/C15H16N2O3S/c1-9-7-17-15(21-9)11-4-10(14(16)18)5-13(6-11)20-12-2-3-19-8-12/h4-7,12H,2-3,8H2,1H3,(H2,16,18)/t12-/m0/s1. The van der Waals surface area contributed by atoms with Gasteiger partial charge in [0, 0.05) is 28.6 Å². The van der Waals surface area contributed by atoms with Gasteiger partial charge < -0.3 is 15.2 Å². The molecule has 0 radical (unpaired) electrons. The van der Waals surface area contributed by atoms with E-state index >= 15 is 0 Å². The second kappa shape index (κ2) is 5.83. The molecule has 1 atom stereocenters. The topological polar surface area (TPSA) is 74.4 Å². The summed E-state index contributed by atoms with van der Waals surface area (Å²) < 4.78 is 11.2. The first-order valence-corrected chi connectivity index (χ1v) is 7.55. The molecule has 6 heteroatoms. The molecule has 2 heterocycles. The third-order valence-corrected chi connectivity index (χ3v) is 4.21. The highest BCUT2D eigenvalue weighted by Crippen LogP contribution is 2.30. The smallest absolute Gasteiger partial charge is 0.248 e. The van der Waals surface area contributed by atoms with Crippen molar-refractivity contribution in [2.75, 3.05) is 13.2 Å². The number of hydrogen-bond acceptors (Lipinski definition) is 5. The average Bonchev–Trinajstić information content (AvgIpc) is 3.10. The number of ether oxygens (including phenoxy) is 2. The van der Waals surface area contributed by atoms with Gasteiger partial charge in [-0.25, -0.2) is 4.98 Å². The molecule has 0 bridgehead atoms. The van der Waals surface area contributed by atoms with E-state index in [1.54, 1.807) is 23.5 Å². The monoisotopic (exact) mass is 304 g/mol. The Morgan fingerprint density at radius 2 is 2.33 bits per heavy atom. The predicted molar refractivity (Wildman–Crippen MR) is 80.7 cm³/mol. The molecule has 1 amide bonds. The molecular weight excluding hydrogens is 288 g/mol. The Kier molecular flexibility index (Phi) is 3.90. The lowest BCUT2D eigenvalue weighted by atomic mass is 10.1. The van der Waals surface area contributed by atoms with Crippen LogP contribution in [-0.2, 0) is 4.74 Å². The summed E-state index contributed by atoms with van der Waals surface area (Å²) in [6.07, 6.45) is 2.69. The molecule has 1 aliphatic rings. The van der Waals surface area contributed by atoms with Crippen molar-refractivity contribution in [1.82, 2.24) is 4.98 Å². The quantitative estimate of drug-likeness (QED) is 0.941. The Morgan fingerprint density at radius 3 is 2.95 bits per heavy atom. The number of aromatic nitrogens is 1. The van der Waals surface area contributed by atoms with Crippen LogP contribution >= 0.6 is 11.3 Å². The first kappa shape index (κ1) is 14.0. The van der Waals surface area contributed by atoms with Crippen LogP contribution in [0.3, 0.4) is 0 Å². The number of primary amides is 1. The van der Waals surface area contributed by atoms with E-state index in [0.29, 0.717) is 24.5 Å². The summed E-state index contributed by atoms with van der Waals surface area (Å²) >= 11 is 1.57. The summed E-state index contributed by atoms with van der Waals surface area (Å²) in [5.41, 5.74) is 6.68.